The molecular weight excluding hydrogens is 102 g/mol. The van der Waals surface area contributed by atoms with Crippen molar-refractivity contribution < 1.29 is 0 Å². The fourth-order valence-electron chi connectivity index (χ4n) is 0.994. The van der Waals surface area contributed by atoms with Gasteiger partial charge in [-0.1, -0.05) is 0 Å². The van der Waals surface area contributed by atoms with E-state index in [1.807, 2.05) is 0 Å². The fraction of sp³-hybridized carbons (Fsp3) is 1.00. The summed E-state index contributed by atoms with van der Waals surface area (Å²) in [4.78, 5) is 0. The number of hydrazine groups is 1. The molecule has 0 radical (unpaired) electrons. The van der Waals surface area contributed by atoms with E-state index in [9.17, 15) is 0 Å². The van der Waals surface area contributed by atoms with Gasteiger partial charge in [0.25, 0.3) is 0 Å². The van der Waals surface area contributed by atoms with Crippen molar-refractivity contribution in [2.24, 2.45) is 5.84 Å². The molecule has 0 aromatic rings. The second-order valence-corrected chi connectivity index (χ2v) is 2.21. The first-order chi connectivity index (χ1) is 3.93. The van der Waals surface area contributed by atoms with E-state index >= 15 is 0 Å². The highest BCUT2D eigenvalue weighted by Gasteiger charge is 2.08. The smallest absolute Gasteiger partial charge is 0.0335 e. The minimum atomic E-state index is 0.503. The van der Waals surface area contributed by atoms with Gasteiger partial charge in [0.1, 0.15) is 0 Å². The van der Waals surface area contributed by atoms with Crippen LogP contribution in [0.5, 0.6) is 0 Å². The minimum absolute atomic E-state index is 0.503. The summed E-state index contributed by atoms with van der Waals surface area (Å²) >= 11 is 0. The highest BCUT2D eigenvalue weighted by Crippen LogP contribution is 1.98. The van der Waals surface area contributed by atoms with E-state index in [4.69, 9.17) is 5.84 Å². The van der Waals surface area contributed by atoms with Gasteiger partial charge < -0.3 is 5.32 Å². The summed E-state index contributed by atoms with van der Waals surface area (Å²) in [7, 11) is 0. The Morgan fingerprint density at radius 2 is 2.50 bits per heavy atom. The van der Waals surface area contributed by atoms with Crippen LogP contribution in [0, 0.1) is 0 Å². The lowest BCUT2D eigenvalue weighted by atomic mass is 10.1. The second-order valence-electron chi connectivity index (χ2n) is 2.21. The van der Waals surface area contributed by atoms with Gasteiger partial charge in [-0.15, -0.1) is 0 Å². The summed E-state index contributed by atoms with van der Waals surface area (Å²) < 4.78 is 0. The van der Waals surface area contributed by atoms with Crippen LogP contribution >= 0.6 is 0 Å². The van der Waals surface area contributed by atoms with Gasteiger partial charge in [0, 0.05) is 12.6 Å². The van der Waals surface area contributed by atoms with Crippen LogP contribution in [-0.2, 0) is 0 Å². The molecule has 0 unspecified atom stereocenters. The first-order valence-corrected chi connectivity index (χ1v) is 3.10. The quantitative estimate of drug-likeness (QED) is 0.310. The zero-order chi connectivity index (χ0) is 5.82. The summed E-state index contributed by atoms with van der Waals surface area (Å²) in [6, 6.07) is 0.503. The van der Waals surface area contributed by atoms with Crippen LogP contribution in [0.1, 0.15) is 12.8 Å². The first-order valence-electron chi connectivity index (χ1n) is 3.10. The van der Waals surface area contributed by atoms with Gasteiger partial charge >= 0.3 is 0 Å². The zero-order valence-electron chi connectivity index (χ0n) is 4.98. The molecule has 3 nitrogen and oxygen atoms in total. The maximum atomic E-state index is 5.21. The number of rotatable bonds is 1. The summed E-state index contributed by atoms with van der Waals surface area (Å²) in [6.45, 7) is 2.18. The van der Waals surface area contributed by atoms with E-state index in [0.717, 1.165) is 13.1 Å². The van der Waals surface area contributed by atoms with Gasteiger partial charge in [0.2, 0.25) is 0 Å². The Morgan fingerprint density at radius 1 is 1.62 bits per heavy atom. The van der Waals surface area contributed by atoms with Crippen molar-refractivity contribution in [3.8, 4) is 0 Å². The van der Waals surface area contributed by atoms with Crippen molar-refractivity contribution in [3.63, 3.8) is 0 Å². The Hall–Kier alpha value is -0.120. The lowest BCUT2D eigenvalue weighted by Crippen LogP contribution is -2.46. The molecule has 3 heteroatoms. The molecule has 1 rings (SSSR count). The highest BCUT2D eigenvalue weighted by atomic mass is 15.2. The SMILES string of the molecule is NN[C@H]1CCCNC1. The maximum absolute atomic E-state index is 5.21. The third kappa shape index (κ3) is 1.43. The van der Waals surface area contributed by atoms with Gasteiger partial charge in [-0.3, -0.25) is 11.3 Å². The van der Waals surface area contributed by atoms with E-state index < -0.39 is 0 Å². The van der Waals surface area contributed by atoms with Crippen molar-refractivity contribution in [2.45, 2.75) is 18.9 Å². The summed E-state index contributed by atoms with van der Waals surface area (Å²) in [5.41, 5.74) is 2.74. The molecule has 0 amide bonds. The Morgan fingerprint density at radius 3 is 2.88 bits per heavy atom. The number of hydrogen-bond acceptors (Lipinski definition) is 3. The van der Waals surface area contributed by atoms with Gasteiger partial charge in [0.15, 0.2) is 0 Å². The van der Waals surface area contributed by atoms with Crippen LogP contribution < -0.4 is 16.6 Å². The molecule has 0 aromatic carbocycles. The number of hydrogen-bond donors (Lipinski definition) is 3. The normalized spacial score (nSPS) is 30.4. The third-order valence-electron chi connectivity index (χ3n) is 1.53. The first kappa shape index (κ1) is 6.01. The molecule has 1 aliphatic rings. The molecule has 4 N–H and O–H groups in total. The maximum Gasteiger partial charge on any atom is 0.0335 e. The molecule has 0 bridgehead atoms. The minimum Gasteiger partial charge on any atom is -0.315 e. The molecule has 1 saturated heterocycles. The van der Waals surface area contributed by atoms with Crippen molar-refractivity contribution >= 4 is 0 Å². The predicted molar refractivity (Wildman–Crippen MR) is 33.2 cm³/mol. The van der Waals surface area contributed by atoms with Crippen molar-refractivity contribution in [2.75, 3.05) is 13.1 Å². The lowest BCUT2D eigenvalue weighted by molar-refractivity contribution is 0.396. The van der Waals surface area contributed by atoms with E-state index in [-0.39, 0.29) is 0 Å². The molecule has 8 heavy (non-hydrogen) atoms. The Kier molecular flexibility index (Phi) is 2.27. The van der Waals surface area contributed by atoms with Crippen LogP contribution in [0.4, 0.5) is 0 Å². The summed E-state index contributed by atoms with van der Waals surface area (Å²) in [5, 5.41) is 3.24. The Bertz CT molecular complexity index is 58.7. The van der Waals surface area contributed by atoms with E-state index in [2.05, 4.69) is 10.7 Å². The molecule has 48 valence electrons. The molecule has 1 fully saturated rings. The monoisotopic (exact) mass is 115 g/mol. The summed E-state index contributed by atoms with van der Waals surface area (Å²) in [5.74, 6) is 5.21. The molecule has 1 atom stereocenters. The van der Waals surface area contributed by atoms with Gasteiger partial charge in [-0.05, 0) is 19.4 Å². The molecule has 1 aliphatic heterocycles. The number of nitrogens with two attached hydrogens (primary N) is 1. The van der Waals surface area contributed by atoms with Crippen molar-refractivity contribution in [3.05, 3.63) is 0 Å². The van der Waals surface area contributed by atoms with E-state index in [0.29, 0.717) is 6.04 Å². The van der Waals surface area contributed by atoms with Crippen molar-refractivity contribution in [1.82, 2.24) is 10.7 Å². The second kappa shape index (κ2) is 3.02. The number of piperidine rings is 1. The standard InChI is InChI=1S/C5H13N3/c6-8-5-2-1-3-7-4-5/h5,7-8H,1-4,6H2/t5-/m0/s1. The zero-order valence-corrected chi connectivity index (χ0v) is 4.98. The highest BCUT2D eigenvalue weighted by molar-refractivity contribution is 4.71. The van der Waals surface area contributed by atoms with Crippen molar-refractivity contribution in [1.29, 1.82) is 0 Å². The molecule has 0 spiro atoms. The van der Waals surface area contributed by atoms with Crippen LogP contribution in [0.25, 0.3) is 0 Å². The molecule has 0 saturated carbocycles. The largest absolute Gasteiger partial charge is 0.315 e. The van der Waals surface area contributed by atoms with Gasteiger partial charge in [-0.2, -0.15) is 0 Å². The molecule has 0 aliphatic carbocycles. The van der Waals surface area contributed by atoms with Crippen LogP contribution in [0.15, 0.2) is 0 Å². The Labute approximate surface area is 49.6 Å². The average molecular weight is 115 g/mol. The lowest BCUT2D eigenvalue weighted by Gasteiger charge is -2.21. The molecule has 1 heterocycles. The third-order valence-corrected chi connectivity index (χ3v) is 1.53. The topological polar surface area (TPSA) is 50.1 Å². The van der Waals surface area contributed by atoms with E-state index in [1.54, 1.807) is 0 Å². The molecular formula is C5H13N3. The Balaban J connectivity index is 2.13. The van der Waals surface area contributed by atoms with Gasteiger partial charge in [-0.25, -0.2) is 0 Å². The van der Waals surface area contributed by atoms with E-state index in [1.165, 1.54) is 12.8 Å². The molecule has 0 aromatic heterocycles. The number of nitrogens with one attached hydrogen (secondary N) is 2. The van der Waals surface area contributed by atoms with Crippen LogP contribution in [-0.4, -0.2) is 19.1 Å². The average Bonchev–Trinajstić information content (AvgIpc) is 1.90. The van der Waals surface area contributed by atoms with Crippen LogP contribution in [0.2, 0.25) is 0 Å². The van der Waals surface area contributed by atoms with Crippen LogP contribution in [0.3, 0.4) is 0 Å². The predicted octanol–water partition coefficient (Wildman–Crippen LogP) is -0.798. The fourth-order valence-corrected chi connectivity index (χ4v) is 0.994. The summed E-state index contributed by atoms with van der Waals surface area (Å²) in [6.07, 6.45) is 2.46. The van der Waals surface area contributed by atoms with Gasteiger partial charge in [0.05, 0.1) is 0 Å².